The number of aryl methyl sites for hydroxylation is 1. The Labute approximate surface area is 70.4 Å². The summed E-state index contributed by atoms with van der Waals surface area (Å²) in [6.45, 7) is 4.13. The molecule has 1 rings (SSSR count). The van der Waals surface area contributed by atoms with Gasteiger partial charge >= 0.3 is 0 Å². The summed E-state index contributed by atoms with van der Waals surface area (Å²) in [5.74, 6) is 0. The van der Waals surface area contributed by atoms with Crippen molar-refractivity contribution in [1.82, 2.24) is 4.37 Å². The normalized spacial score (nSPS) is 10.4. The van der Waals surface area contributed by atoms with Gasteiger partial charge in [0.1, 0.15) is 0 Å². The molecule has 11 heavy (non-hydrogen) atoms. The maximum absolute atomic E-state index is 11.1. The molecule has 1 N–H and O–H groups in total. The van der Waals surface area contributed by atoms with E-state index in [0.717, 1.165) is 29.7 Å². The summed E-state index contributed by atoms with van der Waals surface area (Å²) >= 11 is 1.44. The Morgan fingerprint density at radius 1 is 1.55 bits per heavy atom. The zero-order chi connectivity index (χ0) is 8.27. The summed E-state index contributed by atoms with van der Waals surface area (Å²) in [5, 5.41) is 0. The summed E-state index contributed by atoms with van der Waals surface area (Å²) in [7, 11) is 0. The Kier molecular flexibility index (Phi) is 2.88. The van der Waals surface area contributed by atoms with E-state index in [1.165, 1.54) is 11.5 Å². The molecule has 62 valence electrons. The predicted molar refractivity (Wildman–Crippen MR) is 48.3 cm³/mol. The third kappa shape index (κ3) is 1.93. The highest BCUT2D eigenvalue weighted by Crippen LogP contribution is 2.09. The van der Waals surface area contributed by atoms with Crippen molar-refractivity contribution in [3.05, 3.63) is 20.8 Å². The van der Waals surface area contributed by atoms with E-state index in [1.807, 2.05) is 6.92 Å². The molecule has 1 heterocycles. The van der Waals surface area contributed by atoms with Gasteiger partial charge < -0.3 is 0 Å². The molecule has 0 spiro atoms. The average molecular weight is 171 g/mol. The minimum Gasteiger partial charge on any atom is -0.277 e. The van der Waals surface area contributed by atoms with Crippen molar-refractivity contribution in [3.63, 3.8) is 0 Å². The lowest BCUT2D eigenvalue weighted by Crippen LogP contribution is -2.05. The smallest absolute Gasteiger partial charge is 0.261 e. The number of rotatable bonds is 3. The monoisotopic (exact) mass is 171 g/mol. The molecule has 0 amide bonds. The number of hydrogen-bond donors (Lipinski definition) is 1. The lowest BCUT2D eigenvalue weighted by Gasteiger charge is -1.93. The average Bonchev–Trinajstić information content (AvgIpc) is 2.29. The largest absolute Gasteiger partial charge is 0.277 e. The van der Waals surface area contributed by atoms with Crippen LogP contribution in [0.3, 0.4) is 0 Å². The van der Waals surface area contributed by atoms with Gasteiger partial charge in [0.15, 0.2) is 0 Å². The number of aromatic nitrogens is 1. The van der Waals surface area contributed by atoms with Gasteiger partial charge in [-0.05, 0) is 19.8 Å². The first-order valence-electron chi connectivity index (χ1n) is 3.92. The van der Waals surface area contributed by atoms with Gasteiger partial charge in [-0.15, -0.1) is 0 Å². The standard InChI is InChI=1S/C8H13NOS/c1-3-4-5-7-6(2)11-9-8(7)10/h3-5H2,1-2H3,(H,9,10). The van der Waals surface area contributed by atoms with E-state index in [1.54, 1.807) is 0 Å². The van der Waals surface area contributed by atoms with E-state index in [4.69, 9.17) is 0 Å². The molecule has 0 saturated carbocycles. The highest BCUT2D eigenvalue weighted by molar-refractivity contribution is 7.05. The summed E-state index contributed by atoms with van der Waals surface area (Å²) in [4.78, 5) is 12.2. The van der Waals surface area contributed by atoms with Crippen molar-refractivity contribution < 1.29 is 0 Å². The molecule has 0 unspecified atom stereocenters. The molecule has 0 saturated heterocycles. The minimum absolute atomic E-state index is 0.112. The van der Waals surface area contributed by atoms with Gasteiger partial charge in [-0.1, -0.05) is 24.9 Å². The second-order valence-corrected chi connectivity index (χ2v) is 3.69. The first-order chi connectivity index (χ1) is 5.25. The molecule has 0 fully saturated rings. The van der Waals surface area contributed by atoms with Crippen LogP contribution in [-0.2, 0) is 6.42 Å². The zero-order valence-corrected chi connectivity index (χ0v) is 7.75. The van der Waals surface area contributed by atoms with Gasteiger partial charge in [0.2, 0.25) is 0 Å². The SMILES string of the molecule is CCCCc1c(C)s[nH]c1=O. The highest BCUT2D eigenvalue weighted by atomic mass is 32.1. The number of H-pyrrole nitrogens is 1. The lowest BCUT2D eigenvalue weighted by atomic mass is 10.1. The third-order valence-electron chi connectivity index (χ3n) is 1.78. The number of aromatic amines is 1. The van der Waals surface area contributed by atoms with E-state index in [2.05, 4.69) is 11.3 Å². The van der Waals surface area contributed by atoms with Crippen LogP contribution in [0.5, 0.6) is 0 Å². The molecule has 0 aliphatic heterocycles. The van der Waals surface area contributed by atoms with Crippen LogP contribution in [0.25, 0.3) is 0 Å². The van der Waals surface area contributed by atoms with Gasteiger partial charge in [-0.3, -0.25) is 9.17 Å². The molecule has 1 aromatic rings. The van der Waals surface area contributed by atoms with Crippen LogP contribution in [0.1, 0.15) is 30.2 Å². The summed E-state index contributed by atoms with van der Waals surface area (Å²) in [6.07, 6.45) is 3.19. The molecular formula is C8H13NOS. The second-order valence-electron chi connectivity index (χ2n) is 2.67. The fourth-order valence-electron chi connectivity index (χ4n) is 1.05. The van der Waals surface area contributed by atoms with Crippen LogP contribution in [0, 0.1) is 6.92 Å². The van der Waals surface area contributed by atoms with Crippen LogP contribution in [0.4, 0.5) is 0 Å². The van der Waals surface area contributed by atoms with Gasteiger partial charge in [-0.25, -0.2) is 0 Å². The Hall–Kier alpha value is -0.570. The number of nitrogens with one attached hydrogen (secondary N) is 1. The molecule has 0 aliphatic carbocycles. The lowest BCUT2D eigenvalue weighted by molar-refractivity contribution is 0.788. The molecule has 0 radical (unpaired) electrons. The maximum Gasteiger partial charge on any atom is 0.261 e. The molecule has 0 aliphatic rings. The van der Waals surface area contributed by atoms with E-state index in [9.17, 15) is 4.79 Å². The molecule has 0 bridgehead atoms. The van der Waals surface area contributed by atoms with Gasteiger partial charge in [-0.2, -0.15) is 0 Å². The van der Waals surface area contributed by atoms with E-state index < -0.39 is 0 Å². The second kappa shape index (κ2) is 3.72. The van der Waals surface area contributed by atoms with Crippen LogP contribution in [0.15, 0.2) is 4.79 Å². The van der Waals surface area contributed by atoms with Crippen molar-refractivity contribution in [2.45, 2.75) is 33.1 Å². The quantitative estimate of drug-likeness (QED) is 0.742. The molecule has 1 aromatic heterocycles. The van der Waals surface area contributed by atoms with Gasteiger partial charge in [0.25, 0.3) is 5.56 Å². The van der Waals surface area contributed by atoms with Crippen LogP contribution in [-0.4, -0.2) is 4.37 Å². The number of unbranched alkanes of at least 4 members (excludes halogenated alkanes) is 1. The zero-order valence-electron chi connectivity index (χ0n) is 6.94. The fourth-order valence-corrected chi connectivity index (χ4v) is 1.74. The first-order valence-corrected chi connectivity index (χ1v) is 4.74. The Morgan fingerprint density at radius 3 is 2.73 bits per heavy atom. The van der Waals surface area contributed by atoms with E-state index in [-0.39, 0.29) is 5.56 Å². The Balaban J connectivity index is 2.75. The van der Waals surface area contributed by atoms with Crippen LogP contribution >= 0.6 is 11.5 Å². The highest BCUT2D eigenvalue weighted by Gasteiger charge is 2.04. The summed E-state index contributed by atoms with van der Waals surface area (Å²) in [6, 6.07) is 0. The van der Waals surface area contributed by atoms with Crippen molar-refractivity contribution in [3.8, 4) is 0 Å². The fraction of sp³-hybridized carbons (Fsp3) is 0.625. The van der Waals surface area contributed by atoms with Crippen molar-refractivity contribution >= 4 is 11.5 Å². The summed E-state index contributed by atoms with van der Waals surface area (Å²) < 4.78 is 2.73. The predicted octanol–water partition coefficient (Wildman–Crippen LogP) is 2.09. The van der Waals surface area contributed by atoms with Gasteiger partial charge in [0.05, 0.1) is 0 Å². The molecular weight excluding hydrogens is 158 g/mol. The van der Waals surface area contributed by atoms with Crippen molar-refractivity contribution in [2.24, 2.45) is 0 Å². The summed E-state index contributed by atoms with van der Waals surface area (Å²) in [5.41, 5.74) is 1.10. The minimum atomic E-state index is 0.112. The molecule has 0 aromatic carbocycles. The van der Waals surface area contributed by atoms with Crippen molar-refractivity contribution in [1.29, 1.82) is 0 Å². The maximum atomic E-state index is 11.1. The number of hydrogen-bond acceptors (Lipinski definition) is 2. The third-order valence-corrected chi connectivity index (χ3v) is 2.62. The topological polar surface area (TPSA) is 32.9 Å². The van der Waals surface area contributed by atoms with Crippen molar-refractivity contribution in [2.75, 3.05) is 0 Å². The molecule has 0 atom stereocenters. The van der Waals surface area contributed by atoms with Crippen LogP contribution in [0.2, 0.25) is 0 Å². The Morgan fingerprint density at radius 2 is 2.27 bits per heavy atom. The van der Waals surface area contributed by atoms with E-state index in [0.29, 0.717) is 0 Å². The Bertz CT molecular complexity index is 274. The first kappa shape index (κ1) is 8.53. The van der Waals surface area contributed by atoms with Gasteiger partial charge in [0, 0.05) is 10.4 Å². The molecule has 3 heteroatoms. The van der Waals surface area contributed by atoms with E-state index >= 15 is 0 Å². The molecule has 2 nitrogen and oxygen atoms in total. The van der Waals surface area contributed by atoms with Crippen LogP contribution < -0.4 is 5.56 Å².